The molecule has 2 aromatic carbocycles. The van der Waals surface area contributed by atoms with E-state index in [0.29, 0.717) is 6.54 Å². The third kappa shape index (κ3) is 5.59. The molecule has 0 spiro atoms. The van der Waals surface area contributed by atoms with Crippen molar-refractivity contribution in [3.8, 4) is 0 Å². The highest BCUT2D eigenvalue weighted by molar-refractivity contribution is 5.78. The van der Waals surface area contributed by atoms with Crippen LogP contribution in [0.4, 0.5) is 11.4 Å². The Morgan fingerprint density at radius 3 is 2.35 bits per heavy atom. The van der Waals surface area contributed by atoms with Gasteiger partial charge in [-0.2, -0.15) is 0 Å². The first kappa shape index (κ1) is 21.7. The van der Waals surface area contributed by atoms with E-state index in [-0.39, 0.29) is 5.91 Å². The molecule has 0 N–H and O–H groups in total. The molecule has 5 heteroatoms. The zero-order chi connectivity index (χ0) is 21.6. The molecule has 0 radical (unpaired) electrons. The van der Waals surface area contributed by atoms with Crippen molar-refractivity contribution < 1.29 is 4.79 Å². The molecule has 2 fully saturated rings. The summed E-state index contributed by atoms with van der Waals surface area (Å²) in [6.07, 6.45) is 3.89. The topological polar surface area (TPSA) is 30.0 Å². The molecular formula is C26H36N4O. The summed E-state index contributed by atoms with van der Waals surface area (Å²) >= 11 is 0. The number of carbonyl (C=O) groups is 1. The van der Waals surface area contributed by atoms with Crippen molar-refractivity contribution >= 4 is 17.3 Å². The normalized spacial score (nSPS) is 17.3. The van der Waals surface area contributed by atoms with Gasteiger partial charge in [0.05, 0.1) is 6.54 Å². The lowest BCUT2D eigenvalue weighted by Crippen LogP contribution is -2.51. The van der Waals surface area contributed by atoms with Crippen LogP contribution in [0.1, 0.15) is 30.4 Å². The monoisotopic (exact) mass is 420 g/mol. The van der Waals surface area contributed by atoms with Crippen LogP contribution in [0.3, 0.4) is 0 Å². The summed E-state index contributed by atoms with van der Waals surface area (Å²) in [5.74, 6) is 0.238. The van der Waals surface area contributed by atoms with Gasteiger partial charge >= 0.3 is 0 Å². The number of hydrogen-bond donors (Lipinski definition) is 0. The van der Waals surface area contributed by atoms with Gasteiger partial charge in [0.1, 0.15) is 0 Å². The molecule has 2 aliphatic heterocycles. The van der Waals surface area contributed by atoms with Crippen LogP contribution in [0.15, 0.2) is 48.5 Å². The molecule has 2 saturated heterocycles. The number of rotatable bonds is 6. The second kappa shape index (κ2) is 10.2. The minimum atomic E-state index is 0.238. The molecule has 0 bridgehead atoms. The Morgan fingerprint density at radius 2 is 1.61 bits per heavy atom. The molecule has 31 heavy (non-hydrogen) atoms. The van der Waals surface area contributed by atoms with Crippen molar-refractivity contribution in [2.45, 2.75) is 32.7 Å². The summed E-state index contributed by atoms with van der Waals surface area (Å²) in [6, 6.07) is 17.3. The van der Waals surface area contributed by atoms with Crippen molar-refractivity contribution in [3.63, 3.8) is 0 Å². The first-order valence-electron chi connectivity index (χ1n) is 11.7. The van der Waals surface area contributed by atoms with E-state index in [4.69, 9.17) is 0 Å². The van der Waals surface area contributed by atoms with Gasteiger partial charge in [-0.25, -0.2) is 0 Å². The van der Waals surface area contributed by atoms with E-state index in [1.807, 2.05) is 4.90 Å². The van der Waals surface area contributed by atoms with Crippen LogP contribution in [0.25, 0.3) is 0 Å². The maximum atomic E-state index is 12.9. The molecule has 0 unspecified atom stereocenters. The fraction of sp³-hybridized carbons (Fsp3) is 0.500. The van der Waals surface area contributed by atoms with Gasteiger partial charge in [-0.1, -0.05) is 30.3 Å². The molecule has 1 amide bonds. The Balaban J connectivity index is 1.30. The van der Waals surface area contributed by atoms with E-state index in [1.165, 1.54) is 41.8 Å². The van der Waals surface area contributed by atoms with E-state index in [0.717, 1.165) is 45.8 Å². The van der Waals surface area contributed by atoms with Gasteiger partial charge < -0.3 is 14.7 Å². The number of anilines is 2. The SMILES string of the molecule is Cc1cccc(N2CCN(C(=O)CN(C)Cc3ccccc3N3CCCCC3)CC2)c1. The highest BCUT2D eigenvalue weighted by Crippen LogP contribution is 2.25. The number of hydrogen-bond acceptors (Lipinski definition) is 4. The Morgan fingerprint density at radius 1 is 0.871 bits per heavy atom. The van der Waals surface area contributed by atoms with Crippen LogP contribution in [0.5, 0.6) is 0 Å². The predicted molar refractivity (Wildman–Crippen MR) is 129 cm³/mol. The minimum Gasteiger partial charge on any atom is -0.371 e. The molecule has 0 aromatic heterocycles. The smallest absolute Gasteiger partial charge is 0.236 e. The van der Waals surface area contributed by atoms with Crippen molar-refractivity contribution in [1.29, 1.82) is 0 Å². The number of likely N-dealkylation sites (N-methyl/N-ethyl adjacent to an activating group) is 1. The standard InChI is InChI=1S/C26H36N4O/c1-22-9-8-11-24(19-22)28-15-17-30(18-16-28)26(31)21-27(2)20-23-10-4-5-12-25(23)29-13-6-3-7-14-29/h4-5,8-12,19H,3,6-7,13-18,20-21H2,1-2H3. The minimum absolute atomic E-state index is 0.238. The average molecular weight is 421 g/mol. The highest BCUT2D eigenvalue weighted by Gasteiger charge is 2.23. The lowest BCUT2D eigenvalue weighted by molar-refractivity contribution is -0.132. The molecule has 5 nitrogen and oxygen atoms in total. The molecule has 0 aliphatic carbocycles. The number of piperazine rings is 1. The van der Waals surface area contributed by atoms with Gasteiger partial charge in [0.15, 0.2) is 0 Å². The van der Waals surface area contributed by atoms with Gasteiger partial charge in [0, 0.05) is 57.2 Å². The summed E-state index contributed by atoms with van der Waals surface area (Å²) in [7, 11) is 2.06. The molecule has 2 heterocycles. The summed E-state index contributed by atoms with van der Waals surface area (Å²) in [6.45, 7) is 9.09. The lowest BCUT2D eigenvalue weighted by Gasteiger charge is -2.37. The maximum absolute atomic E-state index is 12.9. The first-order valence-corrected chi connectivity index (χ1v) is 11.7. The van der Waals surface area contributed by atoms with E-state index in [1.54, 1.807) is 0 Å². The fourth-order valence-corrected chi connectivity index (χ4v) is 4.80. The van der Waals surface area contributed by atoms with E-state index >= 15 is 0 Å². The van der Waals surface area contributed by atoms with Crippen molar-refractivity contribution in [1.82, 2.24) is 9.80 Å². The van der Waals surface area contributed by atoms with Gasteiger partial charge in [0.25, 0.3) is 0 Å². The highest BCUT2D eigenvalue weighted by atomic mass is 16.2. The zero-order valence-corrected chi connectivity index (χ0v) is 19.1. The molecule has 0 saturated carbocycles. The molecule has 4 rings (SSSR count). The van der Waals surface area contributed by atoms with Gasteiger partial charge in [-0.05, 0) is 62.6 Å². The van der Waals surface area contributed by atoms with Crippen LogP contribution < -0.4 is 9.80 Å². The fourth-order valence-electron chi connectivity index (χ4n) is 4.80. The maximum Gasteiger partial charge on any atom is 0.236 e. The number of aryl methyl sites for hydroxylation is 1. The lowest BCUT2D eigenvalue weighted by atomic mass is 10.1. The Labute approximate surface area is 187 Å². The summed E-state index contributed by atoms with van der Waals surface area (Å²) < 4.78 is 0. The Kier molecular flexibility index (Phi) is 7.13. The number of benzene rings is 2. The predicted octanol–water partition coefficient (Wildman–Crippen LogP) is 3.77. The van der Waals surface area contributed by atoms with Crippen LogP contribution >= 0.6 is 0 Å². The number of nitrogens with zero attached hydrogens (tertiary/aromatic N) is 4. The van der Waals surface area contributed by atoms with E-state index < -0.39 is 0 Å². The molecule has 2 aromatic rings. The van der Waals surface area contributed by atoms with Gasteiger partial charge in [0.2, 0.25) is 5.91 Å². The number of amides is 1. The second-order valence-corrected chi connectivity index (χ2v) is 9.06. The van der Waals surface area contributed by atoms with Crippen LogP contribution in [-0.2, 0) is 11.3 Å². The van der Waals surface area contributed by atoms with Gasteiger partial charge in [-0.3, -0.25) is 9.69 Å². The third-order valence-corrected chi connectivity index (χ3v) is 6.53. The average Bonchev–Trinajstić information content (AvgIpc) is 2.80. The van der Waals surface area contributed by atoms with Crippen molar-refractivity contribution in [2.75, 3.05) is 62.7 Å². The largest absolute Gasteiger partial charge is 0.371 e. The molecule has 2 aliphatic rings. The number of piperidine rings is 1. The summed E-state index contributed by atoms with van der Waals surface area (Å²) in [5.41, 5.74) is 5.21. The quantitative estimate of drug-likeness (QED) is 0.712. The van der Waals surface area contributed by atoms with E-state index in [2.05, 4.69) is 77.2 Å². The third-order valence-electron chi connectivity index (χ3n) is 6.53. The van der Waals surface area contributed by atoms with Gasteiger partial charge in [-0.15, -0.1) is 0 Å². The van der Waals surface area contributed by atoms with Crippen molar-refractivity contribution in [2.24, 2.45) is 0 Å². The Bertz CT molecular complexity index is 869. The molecule has 166 valence electrons. The summed E-state index contributed by atoms with van der Waals surface area (Å²) in [5, 5.41) is 0. The molecule has 0 atom stereocenters. The first-order chi connectivity index (χ1) is 15.1. The van der Waals surface area contributed by atoms with Crippen LogP contribution in [-0.4, -0.2) is 68.6 Å². The zero-order valence-electron chi connectivity index (χ0n) is 19.1. The van der Waals surface area contributed by atoms with Crippen LogP contribution in [0.2, 0.25) is 0 Å². The van der Waals surface area contributed by atoms with Crippen molar-refractivity contribution in [3.05, 3.63) is 59.7 Å². The Hall–Kier alpha value is -2.53. The summed E-state index contributed by atoms with van der Waals surface area (Å²) in [4.78, 5) is 22.0. The molecular weight excluding hydrogens is 384 g/mol. The number of para-hydroxylation sites is 1. The second-order valence-electron chi connectivity index (χ2n) is 9.06. The number of carbonyl (C=O) groups excluding carboxylic acids is 1. The van der Waals surface area contributed by atoms with E-state index in [9.17, 15) is 4.79 Å². The van der Waals surface area contributed by atoms with Crippen LogP contribution in [0, 0.1) is 6.92 Å².